The number of carbonyl (C=O) groups excluding carboxylic acids is 2. The molecular weight excluding hydrogens is 316 g/mol. The van der Waals surface area contributed by atoms with E-state index in [1.54, 1.807) is 23.1 Å². The second-order valence-electron chi connectivity index (χ2n) is 6.03. The predicted molar refractivity (Wildman–Crippen MR) is 90.2 cm³/mol. The zero-order valence-electron chi connectivity index (χ0n) is 13.3. The molecule has 0 aliphatic carbocycles. The molecule has 0 saturated carbocycles. The number of benzene rings is 1. The average Bonchev–Trinajstić information content (AvgIpc) is 2.96. The number of hydrogen-bond acceptors (Lipinski definition) is 3. The van der Waals surface area contributed by atoms with Crippen molar-refractivity contribution in [3.63, 3.8) is 0 Å². The quantitative estimate of drug-likeness (QED) is 0.864. The van der Waals surface area contributed by atoms with Gasteiger partial charge in [0.15, 0.2) is 0 Å². The Morgan fingerprint density at radius 2 is 2.04 bits per heavy atom. The average molecular weight is 337 g/mol. The van der Waals surface area contributed by atoms with Crippen LogP contribution in [-0.4, -0.2) is 55.1 Å². The smallest absolute Gasteiger partial charge is 0.321 e. The van der Waals surface area contributed by atoms with E-state index in [2.05, 4.69) is 17.6 Å². The van der Waals surface area contributed by atoms with Gasteiger partial charge in [0.2, 0.25) is 0 Å². The standard InChI is InChI=1S/C16H21ClN4O2/c1-10-11(2)20(7-5-18-10)15(22)13-9-12(3-4-14(13)17)21-8-6-19-16(21)23/h3-4,9-11,18H,5-8H2,1-2H3,(H,19,23). The molecule has 2 fully saturated rings. The molecule has 2 unspecified atom stereocenters. The summed E-state index contributed by atoms with van der Waals surface area (Å²) >= 11 is 6.26. The van der Waals surface area contributed by atoms with Crippen molar-refractivity contribution in [2.24, 2.45) is 0 Å². The molecule has 23 heavy (non-hydrogen) atoms. The SMILES string of the molecule is CC1NCCN(C(=O)c2cc(N3CCNC3=O)ccc2Cl)C1C. The van der Waals surface area contributed by atoms with Crippen molar-refractivity contribution in [2.45, 2.75) is 25.9 Å². The second kappa shape index (κ2) is 6.37. The van der Waals surface area contributed by atoms with Gasteiger partial charge in [-0.15, -0.1) is 0 Å². The summed E-state index contributed by atoms with van der Waals surface area (Å²) < 4.78 is 0. The van der Waals surface area contributed by atoms with E-state index < -0.39 is 0 Å². The Labute approximate surface area is 140 Å². The lowest BCUT2D eigenvalue weighted by atomic mass is 10.0. The number of urea groups is 1. The molecule has 7 heteroatoms. The highest BCUT2D eigenvalue weighted by atomic mass is 35.5. The maximum atomic E-state index is 12.9. The molecular formula is C16H21ClN4O2. The summed E-state index contributed by atoms with van der Waals surface area (Å²) in [7, 11) is 0. The van der Waals surface area contributed by atoms with Gasteiger partial charge in [-0.05, 0) is 32.0 Å². The minimum absolute atomic E-state index is 0.0858. The fourth-order valence-electron chi connectivity index (χ4n) is 3.06. The number of rotatable bonds is 2. The third-order valence-corrected chi connectivity index (χ3v) is 4.97. The van der Waals surface area contributed by atoms with Gasteiger partial charge in [0.1, 0.15) is 0 Å². The summed E-state index contributed by atoms with van der Waals surface area (Å²) in [5, 5.41) is 6.53. The molecule has 1 aromatic carbocycles. The molecule has 2 heterocycles. The topological polar surface area (TPSA) is 64.7 Å². The van der Waals surface area contributed by atoms with E-state index in [0.29, 0.717) is 35.9 Å². The normalized spacial score (nSPS) is 24.7. The molecule has 0 radical (unpaired) electrons. The van der Waals surface area contributed by atoms with Gasteiger partial charge in [0.25, 0.3) is 5.91 Å². The van der Waals surface area contributed by atoms with Gasteiger partial charge in [0.05, 0.1) is 10.6 Å². The van der Waals surface area contributed by atoms with Crippen molar-refractivity contribution in [1.29, 1.82) is 0 Å². The first-order chi connectivity index (χ1) is 11.0. The number of piperazine rings is 1. The van der Waals surface area contributed by atoms with E-state index in [-0.39, 0.29) is 24.0 Å². The fourth-order valence-corrected chi connectivity index (χ4v) is 3.26. The lowest BCUT2D eigenvalue weighted by Crippen LogP contribution is -2.57. The zero-order chi connectivity index (χ0) is 16.6. The molecule has 1 aromatic rings. The fraction of sp³-hybridized carbons (Fsp3) is 0.500. The predicted octanol–water partition coefficient (Wildman–Crippen LogP) is 1.69. The van der Waals surface area contributed by atoms with Gasteiger partial charge >= 0.3 is 6.03 Å². The van der Waals surface area contributed by atoms with Crippen LogP contribution in [0.3, 0.4) is 0 Å². The summed E-state index contributed by atoms with van der Waals surface area (Å²) in [5.41, 5.74) is 1.15. The molecule has 124 valence electrons. The minimum atomic E-state index is -0.144. The van der Waals surface area contributed by atoms with E-state index in [1.807, 2.05) is 11.8 Å². The van der Waals surface area contributed by atoms with E-state index in [0.717, 1.165) is 6.54 Å². The van der Waals surface area contributed by atoms with E-state index in [1.165, 1.54) is 0 Å². The van der Waals surface area contributed by atoms with E-state index in [4.69, 9.17) is 11.6 Å². The summed E-state index contributed by atoms with van der Waals surface area (Å²) in [5.74, 6) is -0.0858. The first-order valence-corrected chi connectivity index (χ1v) is 8.26. The Balaban J connectivity index is 1.89. The van der Waals surface area contributed by atoms with Crippen LogP contribution >= 0.6 is 11.6 Å². The molecule has 0 spiro atoms. The molecule has 2 atom stereocenters. The molecule has 3 rings (SSSR count). The number of halogens is 1. The molecule has 2 aliphatic rings. The van der Waals surface area contributed by atoms with Gasteiger partial charge in [-0.2, -0.15) is 0 Å². The summed E-state index contributed by atoms with van der Waals surface area (Å²) in [6.45, 7) is 6.71. The summed E-state index contributed by atoms with van der Waals surface area (Å²) in [6, 6.07) is 5.36. The van der Waals surface area contributed by atoms with Crippen molar-refractivity contribution in [3.05, 3.63) is 28.8 Å². The van der Waals surface area contributed by atoms with Crippen LogP contribution < -0.4 is 15.5 Å². The first-order valence-electron chi connectivity index (χ1n) is 7.88. The largest absolute Gasteiger partial charge is 0.336 e. The highest BCUT2D eigenvalue weighted by molar-refractivity contribution is 6.34. The van der Waals surface area contributed by atoms with Crippen LogP contribution in [0, 0.1) is 0 Å². The summed E-state index contributed by atoms with van der Waals surface area (Å²) in [6.07, 6.45) is 0. The Bertz CT molecular complexity index is 637. The number of nitrogens with zero attached hydrogens (tertiary/aromatic N) is 2. The van der Waals surface area contributed by atoms with Crippen LogP contribution in [0.4, 0.5) is 10.5 Å². The number of anilines is 1. The number of amides is 3. The van der Waals surface area contributed by atoms with Crippen LogP contribution in [0.1, 0.15) is 24.2 Å². The number of hydrogen-bond donors (Lipinski definition) is 2. The molecule has 0 aromatic heterocycles. The monoisotopic (exact) mass is 336 g/mol. The van der Waals surface area contributed by atoms with E-state index in [9.17, 15) is 9.59 Å². The molecule has 6 nitrogen and oxygen atoms in total. The highest BCUT2D eigenvalue weighted by Gasteiger charge is 2.30. The van der Waals surface area contributed by atoms with Crippen molar-refractivity contribution in [3.8, 4) is 0 Å². The number of nitrogens with one attached hydrogen (secondary N) is 2. The van der Waals surface area contributed by atoms with Gasteiger partial charge < -0.3 is 15.5 Å². The van der Waals surface area contributed by atoms with Crippen LogP contribution in [0.15, 0.2) is 18.2 Å². The van der Waals surface area contributed by atoms with Gasteiger partial charge in [0, 0.05) is 44.0 Å². The lowest BCUT2D eigenvalue weighted by Gasteiger charge is -2.38. The zero-order valence-corrected chi connectivity index (χ0v) is 14.1. The first kappa shape index (κ1) is 16.1. The van der Waals surface area contributed by atoms with Gasteiger partial charge in [-0.25, -0.2) is 4.79 Å². The molecule has 2 saturated heterocycles. The number of carbonyl (C=O) groups is 2. The molecule has 2 N–H and O–H groups in total. The highest BCUT2D eigenvalue weighted by Crippen LogP contribution is 2.26. The second-order valence-corrected chi connectivity index (χ2v) is 6.44. The van der Waals surface area contributed by atoms with Crippen molar-refractivity contribution in [1.82, 2.24) is 15.5 Å². The van der Waals surface area contributed by atoms with Crippen molar-refractivity contribution < 1.29 is 9.59 Å². The van der Waals surface area contributed by atoms with Crippen LogP contribution in [0.25, 0.3) is 0 Å². The van der Waals surface area contributed by atoms with Gasteiger partial charge in [-0.3, -0.25) is 9.69 Å². The lowest BCUT2D eigenvalue weighted by molar-refractivity contribution is 0.0603. The summed E-state index contributed by atoms with van der Waals surface area (Å²) in [4.78, 5) is 28.2. The van der Waals surface area contributed by atoms with Crippen molar-refractivity contribution >= 4 is 29.2 Å². The Kier molecular flexibility index (Phi) is 4.46. The van der Waals surface area contributed by atoms with E-state index >= 15 is 0 Å². The Hall–Kier alpha value is -1.79. The molecule has 2 aliphatic heterocycles. The van der Waals surface area contributed by atoms with Crippen LogP contribution in [0.2, 0.25) is 5.02 Å². The molecule has 3 amide bonds. The van der Waals surface area contributed by atoms with Crippen molar-refractivity contribution in [2.75, 3.05) is 31.1 Å². The third-order valence-electron chi connectivity index (χ3n) is 4.64. The Morgan fingerprint density at radius 1 is 1.26 bits per heavy atom. The maximum Gasteiger partial charge on any atom is 0.321 e. The van der Waals surface area contributed by atoms with Crippen LogP contribution in [-0.2, 0) is 0 Å². The van der Waals surface area contributed by atoms with Crippen LogP contribution in [0.5, 0.6) is 0 Å². The third kappa shape index (κ3) is 3.01. The molecule has 0 bridgehead atoms. The minimum Gasteiger partial charge on any atom is -0.336 e. The maximum absolute atomic E-state index is 12.9. The van der Waals surface area contributed by atoms with Gasteiger partial charge in [-0.1, -0.05) is 11.6 Å². The Morgan fingerprint density at radius 3 is 2.74 bits per heavy atom.